The fraction of sp³-hybridized carbons (Fsp3) is 0.500. The van der Waals surface area contributed by atoms with Gasteiger partial charge >= 0.3 is 0 Å². The Morgan fingerprint density at radius 3 is 2.67 bits per heavy atom. The molecule has 0 aliphatic rings. The maximum atomic E-state index is 12.1. The van der Waals surface area contributed by atoms with Gasteiger partial charge in [0.1, 0.15) is 0 Å². The van der Waals surface area contributed by atoms with Crippen LogP contribution < -0.4 is 10.5 Å². The van der Waals surface area contributed by atoms with E-state index < -0.39 is 10.0 Å². The summed E-state index contributed by atoms with van der Waals surface area (Å²) in [5.74, 6) is 0.0962. The minimum absolute atomic E-state index is 0.0593. The highest BCUT2D eigenvalue weighted by Gasteiger charge is 2.17. The van der Waals surface area contributed by atoms with Crippen molar-refractivity contribution in [1.29, 1.82) is 0 Å². The van der Waals surface area contributed by atoms with Crippen molar-refractivity contribution < 1.29 is 13.5 Å². The molecular formula is C12H20N2O3S. The van der Waals surface area contributed by atoms with E-state index in [1.165, 1.54) is 6.07 Å². The van der Waals surface area contributed by atoms with Crippen LogP contribution in [0.25, 0.3) is 0 Å². The Bertz CT molecular complexity index is 500. The van der Waals surface area contributed by atoms with Crippen molar-refractivity contribution >= 4 is 15.7 Å². The number of rotatable bonds is 6. The highest BCUT2D eigenvalue weighted by molar-refractivity contribution is 7.89. The number of benzene rings is 1. The first-order chi connectivity index (χ1) is 8.36. The van der Waals surface area contributed by atoms with Crippen molar-refractivity contribution in [2.75, 3.05) is 18.9 Å². The van der Waals surface area contributed by atoms with Gasteiger partial charge in [-0.25, -0.2) is 13.1 Å². The second-order valence-electron chi connectivity index (χ2n) is 4.49. The van der Waals surface area contributed by atoms with Gasteiger partial charge in [-0.15, -0.1) is 0 Å². The van der Waals surface area contributed by atoms with Crippen LogP contribution in [-0.4, -0.2) is 26.7 Å². The summed E-state index contributed by atoms with van der Waals surface area (Å²) in [4.78, 5) is 0.243. The first-order valence-electron chi connectivity index (χ1n) is 5.83. The Kier molecular flexibility index (Phi) is 5.13. The van der Waals surface area contributed by atoms with Gasteiger partial charge in [0.05, 0.1) is 4.90 Å². The molecule has 0 aromatic heterocycles. The van der Waals surface area contributed by atoms with Crippen molar-refractivity contribution in [2.45, 2.75) is 25.2 Å². The van der Waals surface area contributed by atoms with Crippen LogP contribution in [0.2, 0.25) is 0 Å². The molecular weight excluding hydrogens is 252 g/mol. The third kappa shape index (κ3) is 3.97. The van der Waals surface area contributed by atoms with E-state index >= 15 is 0 Å². The van der Waals surface area contributed by atoms with E-state index in [0.717, 1.165) is 0 Å². The highest BCUT2D eigenvalue weighted by atomic mass is 32.2. The second-order valence-corrected chi connectivity index (χ2v) is 6.23. The molecule has 0 spiro atoms. The van der Waals surface area contributed by atoms with Crippen molar-refractivity contribution in [3.63, 3.8) is 0 Å². The minimum Gasteiger partial charge on any atom is -0.399 e. The number of nitrogens with two attached hydrogens (primary N) is 1. The van der Waals surface area contributed by atoms with Crippen LogP contribution in [0.3, 0.4) is 0 Å². The van der Waals surface area contributed by atoms with Gasteiger partial charge in [0.25, 0.3) is 0 Å². The summed E-state index contributed by atoms with van der Waals surface area (Å²) in [6, 6.07) is 4.70. The van der Waals surface area contributed by atoms with Crippen molar-refractivity contribution in [3.05, 3.63) is 23.8 Å². The molecule has 0 heterocycles. The number of aliphatic hydroxyl groups is 1. The molecule has 4 N–H and O–H groups in total. The maximum Gasteiger partial charge on any atom is 0.240 e. The van der Waals surface area contributed by atoms with Crippen molar-refractivity contribution in [3.8, 4) is 0 Å². The fourth-order valence-electron chi connectivity index (χ4n) is 1.63. The standard InChI is InChI=1S/C12H20N2O3S/c1-9(5-6-15)8-14-18(16,17)12-4-3-11(13)7-10(12)2/h3-4,7,9,14-15H,5-6,8,13H2,1-2H3. The molecule has 18 heavy (non-hydrogen) atoms. The van der Waals surface area contributed by atoms with Crippen LogP contribution in [0.1, 0.15) is 18.9 Å². The van der Waals surface area contributed by atoms with Crippen LogP contribution in [-0.2, 0) is 10.0 Å². The summed E-state index contributed by atoms with van der Waals surface area (Å²) in [6.45, 7) is 3.97. The Hall–Kier alpha value is -1.11. The van der Waals surface area contributed by atoms with E-state index in [9.17, 15) is 8.42 Å². The van der Waals surface area contributed by atoms with Crippen LogP contribution in [0.4, 0.5) is 5.69 Å². The normalized spacial score (nSPS) is 13.5. The van der Waals surface area contributed by atoms with Gasteiger partial charge in [-0.3, -0.25) is 0 Å². The molecule has 1 aromatic carbocycles. The summed E-state index contributed by atoms with van der Waals surface area (Å²) < 4.78 is 26.7. The first kappa shape index (κ1) is 14.9. The molecule has 0 saturated heterocycles. The fourth-order valence-corrected chi connectivity index (χ4v) is 3.02. The Balaban J connectivity index is 2.80. The molecule has 1 atom stereocenters. The Labute approximate surface area is 108 Å². The number of hydrogen-bond acceptors (Lipinski definition) is 4. The SMILES string of the molecule is Cc1cc(N)ccc1S(=O)(=O)NCC(C)CCO. The highest BCUT2D eigenvalue weighted by Crippen LogP contribution is 2.17. The Morgan fingerprint density at radius 2 is 2.11 bits per heavy atom. The summed E-state index contributed by atoms with van der Waals surface area (Å²) in [5.41, 5.74) is 6.75. The van der Waals surface area contributed by atoms with Gasteiger partial charge in [-0.05, 0) is 43.0 Å². The molecule has 0 saturated carbocycles. The monoisotopic (exact) mass is 272 g/mol. The molecule has 0 radical (unpaired) electrons. The topological polar surface area (TPSA) is 92.4 Å². The van der Waals surface area contributed by atoms with Gasteiger partial charge in [-0.2, -0.15) is 0 Å². The molecule has 1 aromatic rings. The van der Waals surface area contributed by atoms with E-state index in [-0.39, 0.29) is 17.4 Å². The van der Waals surface area contributed by atoms with Gasteiger partial charge in [0.15, 0.2) is 0 Å². The smallest absolute Gasteiger partial charge is 0.240 e. The predicted molar refractivity (Wildman–Crippen MR) is 71.6 cm³/mol. The summed E-state index contributed by atoms with van der Waals surface area (Å²) in [5, 5.41) is 8.77. The largest absolute Gasteiger partial charge is 0.399 e. The molecule has 0 amide bonds. The predicted octanol–water partition coefficient (Wildman–Crippen LogP) is 0.874. The summed E-state index contributed by atoms with van der Waals surface area (Å²) >= 11 is 0. The van der Waals surface area contributed by atoms with Crippen molar-refractivity contribution in [1.82, 2.24) is 4.72 Å². The molecule has 1 unspecified atom stereocenters. The average molecular weight is 272 g/mol. The minimum atomic E-state index is -3.51. The number of nitrogen functional groups attached to an aromatic ring is 1. The number of anilines is 1. The molecule has 6 heteroatoms. The van der Waals surface area contributed by atoms with E-state index in [2.05, 4.69) is 4.72 Å². The number of hydrogen-bond donors (Lipinski definition) is 3. The third-order valence-electron chi connectivity index (χ3n) is 2.73. The van der Waals surface area contributed by atoms with Gasteiger partial charge < -0.3 is 10.8 Å². The lowest BCUT2D eigenvalue weighted by Crippen LogP contribution is -2.29. The van der Waals surface area contributed by atoms with E-state index in [0.29, 0.717) is 24.2 Å². The number of aliphatic hydroxyl groups excluding tert-OH is 1. The zero-order valence-corrected chi connectivity index (χ0v) is 11.5. The number of nitrogens with one attached hydrogen (secondary N) is 1. The third-order valence-corrected chi connectivity index (χ3v) is 4.32. The molecule has 1 rings (SSSR count). The van der Waals surface area contributed by atoms with Gasteiger partial charge in [-0.1, -0.05) is 6.92 Å². The van der Waals surface area contributed by atoms with E-state index in [1.54, 1.807) is 19.1 Å². The van der Waals surface area contributed by atoms with Gasteiger partial charge in [0, 0.05) is 18.8 Å². The lowest BCUT2D eigenvalue weighted by atomic mass is 10.1. The van der Waals surface area contributed by atoms with Crippen LogP contribution in [0.5, 0.6) is 0 Å². The molecule has 5 nitrogen and oxygen atoms in total. The Morgan fingerprint density at radius 1 is 1.44 bits per heavy atom. The van der Waals surface area contributed by atoms with E-state index in [4.69, 9.17) is 10.8 Å². The van der Waals surface area contributed by atoms with Crippen LogP contribution in [0, 0.1) is 12.8 Å². The average Bonchev–Trinajstić information content (AvgIpc) is 2.26. The molecule has 102 valence electrons. The zero-order valence-electron chi connectivity index (χ0n) is 10.7. The lowest BCUT2D eigenvalue weighted by Gasteiger charge is -2.13. The van der Waals surface area contributed by atoms with Crippen molar-refractivity contribution in [2.24, 2.45) is 5.92 Å². The van der Waals surface area contributed by atoms with Crippen LogP contribution in [0.15, 0.2) is 23.1 Å². The summed E-state index contributed by atoms with van der Waals surface area (Å²) in [7, 11) is -3.51. The molecule has 0 fully saturated rings. The molecule has 0 aliphatic heterocycles. The maximum absolute atomic E-state index is 12.1. The first-order valence-corrected chi connectivity index (χ1v) is 7.32. The lowest BCUT2D eigenvalue weighted by molar-refractivity contribution is 0.263. The molecule has 0 bridgehead atoms. The number of sulfonamides is 1. The zero-order chi connectivity index (χ0) is 13.8. The van der Waals surface area contributed by atoms with E-state index in [1.807, 2.05) is 6.92 Å². The summed E-state index contributed by atoms with van der Waals surface area (Å²) in [6.07, 6.45) is 0.573. The number of aryl methyl sites for hydroxylation is 1. The second kappa shape index (κ2) is 6.17. The van der Waals surface area contributed by atoms with Gasteiger partial charge in [0.2, 0.25) is 10.0 Å². The molecule has 0 aliphatic carbocycles. The quantitative estimate of drug-likeness (QED) is 0.670. The van der Waals surface area contributed by atoms with Crippen LogP contribution >= 0.6 is 0 Å².